The normalized spacial score (nSPS) is 15.0. The van der Waals surface area contributed by atoms with Crippen LogP contribution in [0.4, 0.5) is 0 Å². The summed E-state index contributed by atoms with van der Waals surface area (Å²) in [4.78, 5) is 58.2. The van der Waals surface area contributed by atoms with Crippen molar-refractivity contribution in [2.24, 2.45) is 0 Å². The van der Waals surface area contributed by atoms with E-state index in [1.54, 1.807) is 0 Å². The number of unbranched alkanes of at least 4 members (excludes halogenated alkanes) is 22. The zero-order valence-corrected chi connectivity index (χ0v) is 54.5. The van der Waals surface area contributed by atoms with Gasteiger partial charge >= 0.3 is 33.6 Å². The molecule has 0 aliphatic heterocycles. The molecule has 5 atom stereocenters. The monoisotopic (exact) mass is 1240 g/mol. The Morgan fingerprint density at radius 1 is 0.341 bits per heavy atom. The summed E-state index contributed by atoms with van der Waals surface area (Å²) in [5.41, 5.74) is 0. The standard InChI is InChI=1S/C67H116O16P2/c1-4-7-10-13-16-19-22-25-28-29-30-31-34-36-38-41-44-47-50-53-65(70)77-56-62(68)57-79-84(73,74)80-58-63(69)59-81-85(75,76)82-61-64(83-67(72)55-52-49-46-43-40-37-33-27-24-21-18-15-12-9-6-3)60-78-66(71)54-51-48-45-42-39-35-32-26-23-20-17-14-11-8-5-2/h7,10,16,19,25-28,30-33,36,38,44,47,62-64,68-69H,4-6,8-9,11-15,17-18,20-24,29,34-35,37,39-43,45-46,48-61H2,1-3H3,(H,73,74)(H,75,76)/b10-7-,19-16-,28-25-,31-30-,32-26-,33-27-,38-36-,47-44-. The fraction of sp³-hybridized carbons (Fsp3) is 0.716. The van der Waals surface area contributed by atoms with Crippen molar-refractivity contribution < 1.29 is 75.8 Å². The minimum atomic E-state index is -4.93. The molecule has 0 saturated heterocycles. The average Bonchev–Trinajstić information content (AvgIpc) is 3.52. The van der Waals surface area contributed by atoms with Crippen LogP contribution in [0.2, 0.25) is 0 Å². The number of aliphatic hydroxyl groups excluding tert-OH is 2. The predicted molar refractivity (Wildman–Crippen MR) is 344 cm³/mol. The number of ether oxygens (including phenoxy) is 3. The summed E-state index contributed by atoms with van der Waals surface area (Å²) in [6, 6.07) is 0. The Bertz CT molecular complexity index is 1940. The third-order valence-corrected chi connectivity index (χ3v) is 15.2. The molecule has 0 fully saturated rings. The van der Waals surface area contributed by atoms with E-state index in [2.05, 4.69) is 99.8 Å². The molecular formula is C67H116O16P2. The van der Waals surface area contributed by atoms with Gasteiger partial charge in [0.2, 0.25) is 0 Å². The SMILES string of the molecule is CC/C=C\C/C=C\C/C=C\C/C=C\C/C=C\C/C=C\CCC(=O)OCC(O)COP(=O)(O)OCC(O)COP(=O)(O)OCC(COC(=O)CCCCCCC/C=C\CCCCCCCC)OC(=O)CCCCCCC/C=C\CCCCCCCC. The number of phosphoric acid groups is 2. The average molecular weight is 1240 g/mol. The Morgan fingerprint density at radius 3 is 1.06 bits per heavy atom. The Balaban J connectivity index is 4.74. The zero-order valence-electron chi connectivity index (χ0n) is 52.8. The first kappa shape index (κ1) is 81.5. The predicted octanol–water partition coefficient (Wildman–Crippen LogP) is 17.5. The van der Waals surface area contributed by atoms with Crippen LogP contribution in [0.25, 0.3) is 0 Å². The number of phosphoric ester groups is 2. The fourth-order valence-electron chi connectivity index (χ4n) is 8.29. The second-order valence-electron chi connectivity index (χ2n) is 21.5. The van der Waals surface area contributed by atoms with Crippen molar-refractivity contribution in [3.8, 4) is 0 Å². The van der Waals surface area contributed by atoms with Crippen molar-refractivity contribution >= 4 is 33.6 Å². The minimum Gasteiger partial charge on any atom is -0.463 e. The van der Waals surface area contributed by atoms with Gasteiger partial charge in [0, 0.05) is 19.3 Å². The lowest BCUT2D eigenvalue weighted by molar-refractivity contribution is -0.161. The van der Waals surface area contributed by atoms with E-state index >= 15 is 0 Å². The summed E-state index contributed by atoms with van der Waals surface area (Å²) >= 11 is 0. The number of aliphatic hydroxyl groups is 2. The van der Waals surface area contributed by atoms with Gasteiger partial charge in [0.15, 0.2) is 6.10 Å². The van der Waals surface area contributed by atoms with Crippen molar-refractivity contribution in [2.75, 3.05) is 39.6 Å². The van der Waals surface area contributed by atoms with Crippen LogP contribution in [-0.4, -0.2) is 95.9 Å². The van der Waals surface area contributed by atoms with E-state index < -0.39 is 91.5 Å². The fourth-order valence-corrected chi connectivity index (χ4v) is 9.88. The maximum absolute atomic E-state index is 12.9. The lowest BCUT2D eigenvalue weighted by atomic mass is 10.1. The molecule has 0 aliphatic carbocycles. The van der Waals surface area contributed by atoms with Crippen LogP contribution in [0, 0.1) is 0 Å². The molecule has 0 bridgehead atoms. The van der Waals surface area contributed by atoms with Crippen molar-refractivity contribution in [3.63, 3.8) is 0 Å². The molecule has 0 rings (SSSR count). The Morgan fingerprint density at radius 2 is 0.647 bits per heavy atom. The maximum atomic E-state index is 12.9. The van der Waals surface area contributed by atoms with E-state index in [0.717, 1.165) is 109 Å². The number of hydrogen-bond acceptors (Lipinski definition) is 14. The van der Waals surface area contributed by atoms with Gasteiger partial charge < -0.3 is 34.2 Å². The van der Waals surface area contributed by atoms with Gasteiger partial charge in [0.25, 0.3) is 0 Å². The molecule has 0 aromatic carbocycles. The number of esters is 3. The van der Waals surface area contributed by atoms with Gasteiger partial charge in [-0.2, -0.15) is 0 Å². The third kappa shape index (κ3) is 61.9. The lowest BCUT2D eigenvalue weighted by Crippen LogP contribution is -2.30. The number of carbonyl (C=O) groups is 3. The van der Waals surface area contributed by atoms with Crippen molar-refractivity contribution in [2.45, 2.75) is 270 Å². The summed E-state index contributed by atoms with van der Waals surface area (Å²) in [6.45, 7) is 2.43. The summed E-state index contributed by atoms with van der Waals surface area (Å²) in [5, 5.41) is 20.5. The molecule has 4 N–H and O–H groups in total. The van der Waals surface area contributed by atoms with E-state index in [4.69, 9.17) is 32.3 Å². The van der Waals surface area contributed by atoms with Gasteiger partial charge in [-0.25, -0.2) is 9.13 Å². The van der Waals surface area contributed by atoms with Gasteiger partial charge in [-0.15, -0.1) is 0 Å². The first-order valence-corrected chi connectivity index (χ1v) is 35.5. The van der Waals surface area contributed by atoms with E-state index in [1.165, 1.54) is 77.0 Å². The molecule has 0 radical (unpaired) electrons. The highest BCUT2D eigenvalue weighted by Gasteiger charge is 2.29. The van der Waals surface area contributed by atoms with Crippen LogP contribution >= 0.6 is 15.6 Å². The zero-order chi connectivity index (χ0) is 62.4. The van der Waals surface area contributed by atoms with Crippen LogP contribution in [-0.2, 0) is 55.8 Å². The third-order valence-electron chi connectivity index (χ3n) is 13.3. The molecule has 0 spiro atoms. The molecule has 0 aliphatic rings. The lowest BCUT2D eigenvalue weighted by Gasteiger charge is -2.21. The first-order chi connectivity index (χ1) is 41.2. The summed E-state index contributed by atoms with van der Waals surface area (Å²) in [7, 11) is -9.79. The molecule has 0 aromatic rings. The van der Waals surface area contributed by atoms with Gasteiger partial charge in [-0.05, 0) is 109 Å². The first-order valence-electron chi connectivity index (χ1n) is 32.5. The molecule has 490 valence electrons. The molecule has 18 heteroatoms. The van der Waals surface area contributed by atoms with Crippen LogP contribution in [0.3, 0.4) is 0 Å². The molecule has 5 unspecified atom stereocenters. The Labute approximate surface area is 514 Å². The van der Waals surface area contributed by atoms with Crippen molar-refractivity contribution in [3.05, 3.63) is 97.2 Å². The second kappa shape index (κ2) is 60.7. The van der Waals surface area contributed by atoms with Crippen molar-refractivity contribution in [1.29, 1.82) is 0 Å². The Kier molecular flexibility index (Phi) is 58.2. The molecule has 85 heavy (non-hydrogen) atoms. The smallest absolute Gasteiger partial charge is 0.463 e. The summed E-state index contributed by atoms with van der Waals surface area (Å²) in [6.07, 6.45) is 64.8. The van der Waals surface area contributed by atoms with Gasteiger partial charge in [-0.1, -0.05) is 221 Å². The number of hydrogen-bond donors (Lipinski definition) is 4. The summed E-state index contributed by atoms with van der Waals surface area (Å²) in [5.74, 6) is -1.68. The topological polar surface area (TPSA) is 231 Å². The highest BCUT2D eigenvalue weighted by molar-refractivity contribution is 7.47. The Hall–Kier alpha value is -3.53. The summed E-state index contributed by atoms with van der Waals surface area (Å²) < 4.78 is 60.7. The molecule has 0 heterocycles. The molecule has 0 aromatic heterocycles. The van der Waals surface area contributed by atoms with E-state index in [-0.39, 0.29) is 19.3 Å². The highest BCUT2D eigenvalue weighted by atomic mass is 31.2. The van der Waals surface area contributed by atoms with Crippen LogP contribution < -0.4 is 0 Å². The second-order valence-corrected chi connectivity index (χ2v) is 24.4. The minimum absolute atomic E-state index is 0.0588. The van der Waals surface area contributed by atoms with Gasteiger partial charge in [0.05, 0.1) is 26.4 Å². The van der Waals surface area contributed by atoms with Crippen LogP contribution in [0.1, 0.15) is 252 Å². The van der Waals surface area contributed by atoms with Crippen LogP contribution in [0.5, 0.6) is 0 Å². The van der Waals surface area contributed by atoms with Crippen molar-refractivity contribution in [1.82, 2.24) is 0 Å². The maximum Gasteiger partial charge on any atom is 0.472 e. The van der Waals surface area contributed by atoms with Gasteiger partial charge in [-0.3, -0.25) is 32.5 Å². The van der Waals surface area contributed by atoms with Gasteiger partial charge in [0.1, 0.15) is 25.4 Å². The quantitative estimate of drug-likeness (QED) is 0.0146. The van der Waals surface area contributed by atoms with E-state index in [1.807, 2.05) is 18.2 Å². The molecular weight excluding hydrogens is 1120 g/mol. The molecule has 0 saturated carbocycles. The van der Waals surface area contributed by atoms with E-state index in [0.29, 0.717) is 25.7 Å². The number of rotatable bonds is 61. The van der Waals surface area contributed by atoms with Crippen LogP contribution in [0.15, 0.2) is 97.2 Å². The van der Waals surface area contributed by atoms with E-state index in [9.17, 15) is 43.5 Å². The molecule has 0 amide bonds. The largest absolute Gasteiger partial charge is 0.472 e. The number of carbonyl (C=O) groups excluding carboxylic acids is 3. The molecule has 16 nitrogen and oxygen atoms in total. The highest BCUT2D eigenvalue weighted by Crippen LogP contribution is 2.45. The number of allylic oxidation sites excluding steroid dienone is 16.